The maximum absolute atomic E-state index is 12.5. The van der Waals surface area contributed by atoms with Gasteiger partial charge in [-0.2, -0.15) is 0 Å². The lowest BCUT2D eigenvalue weighted by Gasteiger charge is -2.30. The molecule has 0 unspecified atom stereocenters. The third-order valence-electron chi connectivity index (χ3n) is 10.2. The van der Waals surface area contributed by atoms with Crippen LogP contribution in [0.4, 0.5) is 0 Å². The number of rotatable bonds is 11. The molecule has 2 saturated carbocycles. The summed E-state index contributed by atoms with van der Waals surface area (Å²) in [5, 5.41) is 14.7. The molecule has 0 spiro atoms. The normalized spacial score (nSPS) is 16.0. The van der Waals surface area contributed by atoms with Crippen LogP contribution in [0.2, 0.25) is 0 Å². The first-order valence-electron chi connectivity index (χ1n) is 17.7. The number of benzene rings is 2. The van der Waals surface area contributed by atoms with Crippen molar-refractivity contribution in [2.24, 2.45) is 11.8 Å². The number of carbonyl (C=O) groups excluding carboxylic acids is 2. The van der Waals surface area contributed by atoms with Gasteiger partial charge < -0.3 is 19.7 Å². The van der Waals surface area contributed by atoms with E-state index in [1.54, 1.807) is 0 Å². The summed E-state index contributed by atoms with van der Waals surface area (Å²) in [6, 6.07) is 19.0. The Morgan fingerprint density at radius 1 is 0.688 bits per heavy atom. The Kier molecular flexibility index (Phi) is 9.90. The van der Waals surface area contributed by atoms with Gasteiger partial charge in [0.2, 0.25) is 11.8 Å². The zero-order chi connectivity index (χ0) is 33.9. The molecule has 8 nitrogen and oxygen atoms in total. The topological polar surface area (TPSA) is 110 Å². The summed E-state index contributed by atoms with van der Waals surface area (Å²) in [5.74, 6) is 1.80. The summed E-state index contributed by atoms with van der Waals surface area (Å²) in [6.07, 6.45) is 9.27. The predicted octanol–water partition coefficient (Wildman–Crippen LogP) is 8.43. The Balaban J connectivity index is 1.13. The molecule has 254 valence electrons. The van der Waals surface area contributed by atoms with E-state index in [-0.39, 0.29) is 34.5 Å². The van der Waals surface area contributed by atoms with Crippen LogP contribution in [0, 0.1) is 11.8 Å². The number of hydrogen-bond acceptors (Lipinski definition) is 6. The standard InChI is InChI=1S/C40H50N4O4/c1-39(2,3)34-19-16-29(36-22-33(48-44-36)25-42-38(46)28-12-8-9-13-28)20-30(34)23-40(4,5)31-17-14-26(15-18-31)35-21-32(47-43-35)24-41-37(45)27-10-6-7-11-27/h14-22,27-28H,6-13,23-25H2,1-5H3,(H,41,45)(H,42,46). The Morgan fingerprint density at radius 2 is 1.17 bits per heavy atom. The highest BCUT2D eigenvalue weighted by Crippen LogP contribution is 2.36. The average Bonchev–Trinajstić information content (AvgIpc) is 3.90. The summed E-state index contributed by atoms with van der Waals surface area (Å²) in [7, 11) is 0. The van der Waals surface area contributed by atoms with Gasteiger partial charge in [-0.05, 0) is 65.7 Å². The van der Waals surface area contributed by atoms with E-state index >= 15 is 0 Å². The molecule has 2 amide bonds. The number of nitrogens with zero attached hydrogens (tertiary/aromatic N) is 2. The molecule has 2 aliphatic rings. The van der Waals surface area contributed by atoms with Gasteiger partial charge in [0.25, 0.3) is 0 Å². The van der Waals surface area contributed by atoms with Crippen molar-refractivity contribution in [3.8, 4) is 22.5 Å². The second-order valence-electron chi connectivity index (χ2n) is 15.5. The molecule has 0 bridgehead atoms. The van der Waals surface area contributed by atoms with Gasteiger partial charge in [0.05, 0.1) is 13.1 Å². The molecule has 0 aliphatic heterocycles. The van der Waals surface area contributed by atoms with Gasteiger partial charge in [0.15, 0.2) is 11.5 Å². The summed E-state index contributed by atoms with van der Waals surface area (Å²) < 4.78 is 11.2. The van der Waals surface area contributed by atoms with Crippen molar-refractivity contribution in [1.82, 2.24) is 20.9 Å². The van der Waals surface area contributed by atoms with Crippen LogP contribution in [-0.4, -0.2) is 22.1 Å². The Morgan fingerprint density at radius 3 is 1.67 bits per heavy atom. The molecule has 0 radical (unpaired) electrons. The van der Waals surface area contributed by atoms with E-state index in [9.17, 15) is 9.59 Å². The summed E-state index contributed by atoms with van der Waals surface area (Å²) >= 11 is 0. The van der Waals surface area contributed by atoms with E-state index in [4.69, 9.17) is 9.05 Å². The largest absolute Gasteiger partial charge is 0.359 e. The minimum Gasteiger partial charge on any atom is -0.359 e. The molecule has 0 saturated heterocycles. The molecule has 6 rings (SSSR count). The van der Waals surface area contributed by atoms with Gasteiger partial charge in [-0.25, -0.2) is 0 Å². The van der Waals surface area contributed by atoms with E-state index in [0.29, 0.717) is 24.6 Å². The van der Waals surface area contributed by atoms with Crippen molar-refractivity contribution >= 4 is 11.8 Å². The van der Waals surface area contributed by atoms with E-state index in [1.165, 1.54) is 16.7 Å². The molecule has 2 heterocycles. The first kappa shape index (κ1) is 33.7. The van der Waals surface area contributed by atoms with Crippen LogP contribution in [0.3, 0.4) is 0 Å². The fourth-order valence-corrected chi connectivity index (χ4v) is 7.38. The van der Waals surface area contributed by atoms with E-state index in [0.717, 1.165) is 80.3 Å². The highest BCUT2D eigenvalue weighted by molar-refractivity contribution is 5.79. The quantitative estimate of drug-likeness (QED) is 0.169. The molecular weight excluding hydrogens is 600 g/mol. The van der Waals surface area contributed by atoms with Gasteiger partial charge in [0, 0.05) is 35.1 Å². The van der Waals surface area contributed by atoms with Crippen molar-refractivity contribution in [3.63, 3.8) is 0 Å². The minimum atomic E-state index is -0.157. The molecule has 2 aromatic carbocycles. The van der Waals surface area contributed by atoms with Crippen LogP contribution < -0.4 is 10.6 Å². The third kappa shape index (κ3) is 7.91. The number of hydrogen-bond donors (Lipinski definition) is 2. The molecule has 0 atom stereocenters. The monoisotopic (exact) mass is 650 g/mol. The highest BCUT2D eigenvalue weighted by Gasteiger charge is 2.28. The third-order valence-corrected chi connectivity index (χ3v) is 10.2. The lowest BCUT2D eigenvalue weighted by Crippen LogP contribution is -2.28. The SMILES string of the molecule is CC(C)(C)c1ccc(-c2cc(CNC(=O)C3CCCC3)on2)cc1CC(C)(C)c1ccc(-c2cc(CNC(=O)C3CCCC3)on2)cc1. The van der Waals surface area contributed by atoms with Crippen LogP contribution >= 0.6 is 0 Å². The summed E-state index contributed by atoms with van der Waals surface area (Å²) in [4.78, 5) is 24.9. The second kappa shape index (κ2) is 14.1. The molecule has 2 aromatic heterocycles. The van der Waals surface area contributed by atoms with Crippen LogP contribution in [0.25, 0.3) is 22.5 Å². The Labute approximate surface area is 284 Å². The molecular formula is C40H50N4O4. The number of amides is 2. The molecule has 2 N–H and O–H groups in total. The maximum atomic E-state index is 12.5. The van der Waals surface area contributed by atoms with Crippen molar-refractivity contribution in [3.05, 3.63) is 82.8 Å². The first-order valence-corrected chi connectivity index (χ1v) is 17.7. The van der Waals surface area contributed by atoms with Gasteiger partial charge in [-0.15, -0.1) is 0 Å². The molecule has 2 fully saturated rings. The lowest BCUT2D eigenvalue weighted by atomic mass is 9.74. The number of aromatic nitrogens is 2. The number of nitrogens with one attached hydrogen (secondary N) is 2. The van der Waals surface area contributed by atoms with Crippen LogP contribution in [0.5, 0.6) is 0 Å². The lowest BCUT2D eigenvalue weighted by molar-refractivity contribution is -0.125. The van der Waals surface area contributed by atoms with Gasteiger partial charge in [-0.3, -0.25) is 9.59 Å². The number of carbonyl (C=O) groups is 2. The minimum absolute atomic E-state index is 0.0332. The second-order valence-corrected chi connectivity index (χ2v) is 15.5. The van der Waals surface area contributed by atoms with Crippen LogP contribution in [0.15, 0.2) is 63.6 Å². The molecule has 4 aromatic rings. The zero-order valence-electron chi connectivity index (χ0n) is 29.2. The Bertz CT molecular complexity index is 1710. The van der Waals surface area contributed by atoms with Crippen molar-refractivity contribution in [2.45, 2.75) is 116 Å². The molecule has 2 aliphatic carbocycles. The van der Waals surface area contributed by atoms with Gasteiger partial charge in [-0.1, -0.05) is 107 Å². The average molecular weight is 651 g/mol. The molecule has 8 heteroatoms. The molecule has 48 heavy (non-hydrogen) atoms. The van der Waals surface area contributed by atoms with Crippen molar-refractivity contribution in [2.75, 3.05) is 0 Å². The van der Waals surface area contributed by atoms with Crippen LogP contribution in [0.1, 0.15) is 114 Å². The van der Waals surface area contributed by atoms with E-state index in [1.807, 2.05) is 12.1 Å². The summed E-state index contributed by atoms with van der Waals surface area (Å²) in [6.45, 7) is 12.0. The van der Waals surface area contributed by atoms with Gasteiger partial charge >= 0.3 is 0 Å². The van der Waals surface area contributed by atoms with E-state index in [2.05, 4.69) is 98.0 Å². The smallest absolute Gasteiger partial charge is 0.223 e. The van der Waals surface area contributed by atoms with Crippen LogP contribution in [-0.2, 0) is 39.9 Å². The highest BCUT2D eigenvalue weighted by atomic mass is 16.5. The maximum Gasteiger partial charge on any atom is 0.223 e. The zero-order valence-corrected chi connectivity index (χ0v) is 29.2. The Hall–Kier alpha value is -4.20. The first-order chi connectivity index (χ1) is 23.0. The van der Waals surface area contributed by atoms with Gasteiger partial charge in [0.1, 0.15) is 11.4 Å². The fourth-order valence-electron chi connectivity index (χ4n) is 7.38. The predicted molar refractivity (Wildman–Crippen MR) is 187 cm³/mol. The van der Waals surface area contributed by atoms with Crippen molar-refractivity contribution < 1.29 is 18.6 Å². The van der Waals surface area contributed by atoms with Crippen molar-refractivity contribution in [1.29, 1.82) is 0 Å². The summed E-state index contributed by atoms with van der Waals surface area (Å²) in [5.41, 5.74) is 7.13. The fraction of sp³-hybridized carbons (Fsp3) is 0.500. The van der Waals surface area contributed by atoms with E-state index < -0.39 is 0 Å².